The molecule has 3 nitrogen and oxygen atoms in total. The number of piperidine rings is 1. The molecule has 0 atom stereocenters. The van der Waals surface area contributed by atoms with Crippen LogP contribution >= 0.6 is 27.5 Å². The predicted molar refractivity (Wildman–Crippen MR) is 73.1 cm³/mol. The molecule has 18 heavy (non-hydrogen) atoms. The van der Waals surface area contributed by atoms with Gasteiger partial charge in [0.05, 0.1) is 6.54 Å². The van der Waals surface area contributed by atoms with Crippen LogP contribution in [0, 0.1) is 5.92 Å². The molecule has 1 aliphatic rings. The number of benzene rings is 1. The maximum absolute atomic E-state index is 11.9. The van der Waals surface area contributed by atoms with Crippen LogP contribution in [0.1, 0.15) is 25.3 Å². The summed E-state index contributed by atoms with van der Waals surface area (Å²) >= 11 is 9.41. The second-order valence-corrected chi connectivity index (χ2v) is 5.95. The highest BCUT2D eigenvalue weighted by Gasteiger charge is 2.30. The van der Waals surface area contributed by atoms with Gasteiger partial charge in [-0.15, -0.1) is 0 Å². The lowest BCUT2D eigenvalue weighted by molar-refractivity contribution is -0.150. The maximum Gasteiger partial charge on any atom is 0.229 e. The number of rotatable bonds is 2. The molecule has 0 N–H and O–H groups in total. The van der Waals surface area contributed by atoms with Crippen LogP contribution in [-0.4, -0.2) is 16.7 Å². The van der Waals surface area contributed by atoms with E-state index >= 15 is 0 Å². The standard InChI is InChI=1S/C13H13BrClNO2/c1-8-4-12(17)16(13(18)5-8)7-9-2-3-10(14)6-11(9)15/h2-3,6,8H,4-5,7H2,1H3. The fourth-order valence-corrected chi connectivity index (χ4v) is 2.76. The van der Waals surface area contributed by atoms with E-state index in [0.29, 0.717) is 17.9 Å². The Bertz CT molecular complexity index is 486. The van der Waals surface area contributed by atoms with E-state index in [1.54, 1.807) is 6.07 Å². The summed E-state index contributed by atoms with van der Waals surface area (Å²) in [5.41, 5.74) is 0.788. The smallest absolute Gasteiger partial charge is 0.229 e. The Kier molecular flexibility index (Phi) is 4.07. The van der Waals surface area contributed by atoms with Crippen molar-refractivity contribution >= 4 is 39.3 Å². The van der Waals surface area contributed by atoms with Crippen molar-refractivity contribution < 1.29 is 9.59 Å². The van der Waals surface area contributed by atoms with Crippen LogP contribution in [-0.2, 0) is 16.1 Å². The molecule has 0 radical (unpaired) electrons. The third kappa shape index (κ3) is 2.93. The highest BCUT2D eigenvalue weighted by molar-refractivity contribution is 9.10. The van der Waals surface area contributed by atoms with Crippen molar-refractivity contribution in [2.24, 2.45) is 5.92 Å². The van der Waals surface area contributed by atoms with E-state index in [1.807, 2.05) is 19.1 Å². The first kappa shape index (κ1) is 13.6. The second-order valence-electron chi connectivity index (χ2n) is 4.62. The lowest BCUT2D eigenvalue weighted by Gasteiger charge is -2.28. The zero-order chi connectivity index (χ0) is 13.3. The fourth-order valence-electron chi connectivity index (χ4n) is 2.02. The summed E-state index contributed by atoms with van der Waals surface area (Å²) in [5.74, 6) is -0.0860. The summed E-state index contributed by atoms with van der Waals surface area (Å²) in [7, 11) is 0. The first-order chi connectivity index (χ1) is 8.47. The summed E-state index contributed by atoms with van der Waals surface area (Å²) in [6, 6.07) is 5.44. The summed E-state index contributed by atoms with van der Waals surface area (Å²) < 4.78 is 0.876. The molecule has 1 saturated heterocycles. The van der Waals surface area contributed by atoms with Gasteiger partial charge in [-0.05, 0) is 23.6 Å². The van der Waals surface area contributed by atoms with Gasteiger partial charge in [0, 0.05) is 22.3 Å². The van der Waals surface area contributed by atoms with Crippen molar-refractivity contribution in [3.63, 3.8) is 0 Å². The summed E-state index contributed by atoms with van der Waals surface area (Å²) in [6.07, 6.45) is 0.861. The Morgan fingerprint density at radius 2 is 1.94 bits per heavy atom. The summed E-state index contributed by atoms with van der Waals surface area (Å²) in [4.78, 5) is 25.0. The lowest BCUT2D eigenvalue weighted by Crippen LogP contribution is -2.42. The average molecular weight is 331 g/mol. The summed E-state index contributed by atoms with van der Waals surface area (Å²) in [5, 5.41) is 0.559. The van der Waals surface area contributed by atoms with Crippen LogP contribution in [0.5, 0.6) is 0 Å². The van der Waals surface area contributed by atoms with E-state index in [1.165, 1.54) is 4.90 Å². The number of amides is 2. The van der Waals surface area contributed by atoms with Gasteiger partial charge in [-0.1, -0.05) is 40.5 Å². The zero-order valence-electron chi connectivity index (χ0n) is 9.95. The quantitative estimate of drug-likeness (QED) is 0.780. The first-order valence-electron chi connectivity index (χ1n) is 5.74. The molecule has 96 valence electrons. The molecule has 0 bridgehead atoms. The van der Waals surface area contributed by atoms with E-state index in [0.717, 1.165) is 10.0 Å². The average Bonchev–Trinajstić information content (AvgIpc) is 2.25. The molecule has 5 heteroatoms. The maximum atomic E-state index is 11.9. The SMILES string of the molecule is CC1CC(=O)N(Cc2ccc(Br)cc2Cl)C(=O)C1. The largest absolute Gasteiger partial charge is 0.278 e. The van der Waals surface area contributed by atoms with E-state index in [2.05, 4.69) is 15.9 Å². The van der Waals surface area contributed by atoms with E-state index < -0.39 is 0 Å². The van der Waals surface area contributed by atoms with Crippen LogP contribution in [0.4, 0.5) is 0 Å². The van der Waals surface area contributed by atoms with Gasteiger partial charge in [-0.2, -0.15) is 0 Å². The lowest BCUT2D eigenvalue weighted by atomic mass is 9.97. The number of likely N-dealkylation sites (tertiary alicyclic amines) is 1. The second kappa shape index (κ2) is 5.41. The van der Waals surface area contributed by atoms with Crippen LogP contribution in [0.15, 0.2) is 22.7 Å². The zero-order valence-corrected chi connectivity index (χ0v) is 12.3. The van der Waals surface area contributed by atoms with Gasteiger partial charge in [0.2, 0.25) is 11.8 Å². The molecule has 1 aromatic rings. The van der Waals surface area contributed by atoms with Crippen molar-refractivity contribution in [2.45, 2.75) is 26.3 Å². The van der Waals surface area contributed by atoms with Crippen molar-refractivity contribution in [3.05, 3.63) is 33.3 Å². The Labute approximate surface area is 119 Å². The number of imide groups is 1. The van der Waals surface area contributed by atoms with Crippen molar-refractivity contribution in [2.75, 3.05) is 0 Å². The molecule has 0 spiro atoms. The van der Waals surface area contributed by atoms with Gasteiger partial charge in [-0.3, -0.25) is 14.5 Å². The molecular weight excluding hydrogens is 318 g/mol. The first-order valence-corrected chi connectivity index (χ1v) is 6.91. The predicted octanol–water partition coefficient (Wildman–Crippen LogP) is 3.39. The highest BCUT2D eigenvalue weighted by Crippen LogP contribution is 2.25. The van der Waals surface area contributed by atoms with E-state index in [-0.39, 0.29) is 24.3 Å². The van der Waals surface area contributed by atoms with Crippen molar-refractivity contribution in [1.82, 2.24) is 4.90 Å². The number of carbonyl (C=O) groups excluding carboxylic acids is 2. The third-order valence-corrected chi connectivity index (χ3v) is 3.84. The molecule has 0 unspecified atom stereocenters. The molecule has 2 amide bonds. The van der Waals surface area contributed by atoms with E-state index in [4.69, 9.17) is 11.6 Å². The normalized spacial score (nSPS) is 17.4. The molecule has 1 aromatic carbocycles. The summed E-state index contributed by atoms with van der Waals surface area (Å²) in [6.45, 7) is 2.18. The van der Waals surface area contributed by atoms with Crippen LogP contribution in [0.25, 0.3) is 0 Å². The Hall–Kier alpha value is -0.870. The monoisotopic (exact) mass is 329 g/mol. The molecule has 2 rings (SSSR count). The molecular formula is C13H13BrClNO2. The minimum Gasteiger partial charge on any atom is -0.278 e. The van der Waals surface area contributed by atoms with Crippen molar-refractivity contribution in [3.8, 4) is 0 Å². The van der Waals surface area contributed by atoms with Gasteiger partial charge in [0.15, 0.2) is 0 Å². The van der Waals surface area contributed by atoms with Gasteiger partial charge >= 0.3 is 0 Å². The number of nitrogens with zero attached hydrogens (tertiary/aromatic N) is 1. The van der Waals surface area contributed by atoms with Crippen molar-refractivity contribution in [1.29, 1.82) is 0 Å². The molecule has 0 aromatic heterocycles. The Morgan fingerprint density at radius 3 is 2.50 bits per heavy atom. The highest BCUT2D eigenvalue weighted by atomic mass is 79.9. The Balaban J connectivity index is 2.18. The van der Waals surface area contributed by atoms with Crippen LogP contribution < -0.4 is 0 Å². The number of halogens is 2. The van der Waals surface area contributed by atoms with Gasteiger partial charge < -0.3 is 0 Å². The minimum absolute atomic E-state index is 0.113. The molecule has 1 heterocycles. The molecule has 0 aliphatic carbocycles. The Morgan fingerprint density at radius 1 is 1.33 bits per heavy atom. The third-order valence-electron chi connectivity index (χ3n) is 2.99. The fraction of sp³-hybridized carbons (Fsp3) is 0.385. The number of hydrogen-bond acceptors (Lipinski definition) is 2. The van der Waals surface area contributed by atoms with Gasteiger partial charge in [-0.25, -0.2) is 0 Å². The molecule has 1 fully saturated rings. The number of hydrogen-bond donors (Lipinski definition) is 0. The van der Waals surface area contributed by atoms with Gasteiger partial charge in [0.25, 0.3) is 0 Å². The van der Waals surface area contributed by atoms with Crippen LogP contribution in [0.2, 0.25) is 5.02 Å². The molecule has 1 aliphatic heterocycles. The topological polar surface area (TPSA) is 37.4 Å². The van der Waals surface area contributed by atoms with Crippen LogP contribution in [0.3, 0.4) is 0 Å². The molecule has 0 saturated carbocycles. The van der Waals surface area contributed by atoms with E-state index in [9.17, 15) is 9.59 Å². The number of carbonyl (C=O) groups is 2. The minimum atomic E-state index is -0.113. The van der Waals surface area contributed by atoms with Gasteiger partial charge in [0.1, 0.15) is 0 Å².